The quantitative estimate of drug-likeness (QED) is 0.785. The second kappa shape index (κ2) is 5.56. The van der Waals surface area contributed by atoms with E-state index in [9.17, 15) is 4.79 Å². The van der Waals surface area contributed by atoms with Crippen molar-refractivity contribution in [1.82, 2.24) is 5.32 Å². The van der Waals surface area contributed by atoms with Crippen molar-refractivity contribution in [3.05, 3.63) is 46.5 Å². The maximum absolute atomic E-state index is 11.4. The fourth-order valence-electron chi connectivity index (χ4n) is 1.06. The molecule has 2 nitrogen and oxygen atoms in total. The average molecular weight is 224 g/mol. The number of benzene rings is 1. The minimum atomic E-state index is -0.0348. The number of hydrogen-bond acceptors (Lipinski definition) is 1. The normalized spacial score (nSPS) is 11.3. The summed E-state index contributed by atoms with van der Waals surface area (Å²) in [6.07, 6.45) is 1.79. The molecule has 0 aliphatic heterocycles. The van der Waals surface area contributed by atoms with E-state index in [0.29, 0.717) is 11.6 Å². The predicted molar refractivity (Wildman–Crippen MR) is 62.7 cm³/mol. The number of carbonyl (C=O) groups excluding carboxylic acids is 1. The summed E-state index contributed by atoms with van der Waals surface area (Å²) in [6, 6.07) is 7.42. The molecule has 0 fully saturated rings. The molecule has 0 radical (unpaired) electrons. The van der Waals surface area contributed by atoms with Gasteiger partial charge in [0.2, 0.25) is 5.91 Å². The Kier molecular flexibility index (Phi) is 4.37. The highest BCUT2D eigenvalue weighted by atomic mass is 35.5. The lowest BCUT2D eigenvalue weighted by molar-refractivity contribution is -0.117. The van der Waals surface area contributed by atoms with Gasteiger partial charge in [-0.05, 0) is 31.5 Å². The van der Waals surface area contributed by atoms with Crippen LogP contribution in [0, 0.1) is 0 Å². The van der Waals surface area contributed by atoms with E-state index in [2.05, 4.69) is 5.32 Å². The smallest absolute Gasteiger partial charge is 0.246 e. The molecule has 0 aromatic heterocycles. The largest absolute Gasteiger partial charge is 0.348 e. The number of hydrogen-bond donors (Lipinski definition) is 1. The molecule has 1 rings (SSSR count). The lowest BCUT2D eigenvalue weighted by Gasteiger charge is -2.05. The SMILES string of the molecule is C/C=C(\C)C(=O)NCc1ccc(Cl)cc1. The number of amides is 1. The lowest BCUT2D eigenvalue weighted by atomic mass is 10.2. The van der Waals surface area contributed by atoms with E-state index >= 15 is 0 Å². The van der Waals surface area contributed by atoms with E-state index in [1.165, 1.54) is 0 Å². The van der Waals surface area contributed by atoms with E-state index in [1.54, 1.807) is 13.0 Å². The number of rotatable bonds is 3. The summed E-state index contributed by atoms with van der Waals surface area (Å²) in [5, 5.41) is 3.52. The highest BCUT2D eigenvalue weighted by Gasteiger charge is 2.01. The van der Waals surface area contributed by atoms with Crippen molar-refractivity contribution in [2.75, 3.05) is 0 Å². The van der Waals surface area contributed by atoms with Crippen LogP contribution < -0.4 is 5.32 Å². The van der Waals surface area contributed by atoms with Crippen molar-refractivity contribution in [3.63, 3.8) is 0 Å². The Bertz CT molecular complexity index is 368. The van der Waals surface area contributed by atoms with Gasteiger partial charge in [-0.2, -0.15) is 0 Å². The molecular formula is C12H14ClNO. The van der Waals surface area contributed by atoms with Crippen LogP contribution in [0.1, 0.15) is 19.4 Å². The van der Waals surface area contributed by atoms with Crippen LogP contribution in [0.2, 0.25) is 5.02 Å². The zero-order valence-corrected chi connectivity index (χ0v) is 9.64. The van der Waals surface area contributed by atoms with Crippen LogP contribution >= 0.6 is 11.6 Å². The van der Waals surface area contributed by atoms with Crippen LogP contribution in [-0.4, -0.2) is 5.91 Å². The highest BCUT2D eigenvalue weighted by molar-refractivity contribution is 6.30. The number of halogens is 1. The van der Waals surface area contributed by atoms with E-state index < -0.39 is 0 Å². The van der Waals surface area contributed by atoms with Gasteiger partial charge in [0.15, 0.2) is 0 Å². The molecule has 0 heterocycles. The van der Waals surface area contributed by atoms with Crippen molar-refractivity contribution in [2.24, 2.45) is 0 Å². The van der Waals surface area contributed by atoms with Gasteiger partial charge in [0.25, 0.3) is 0 Å². The Balaban J connectivity index is 2.51. The van der Waals surface area contributed by atoms with Gasteiger partial charge in [-0.3, -0.25) is 4.79 Å². The first kappa shape index (κ1) is 11.8. The van der Waals surface area contributed by atoms with Crippen LogP contribution in [0.3, 0.4) is 0 Å². The first-order valence-corrected chi connectivity index (χ1v) is 5.17. The van der Waals surface area contributed by atoms with Crippen LogP contribution in [0.5, 0.6) is 0 Å². The Morgan fingerprint density at radius 3 is 2.53 bits per heavy atom. The summed E-state index contributed by atoms with van der Waals surface area (Å²) < 4.78 is 0. The van der Waals surface area contributed by atoms with Crippen molar-refractivity contribution in [2.45, 2.75) is 20.4 Å². The molecule has 0 saturated heterocycles. The maximum Gasteiger partial charge on any atom is 0.246 e. The van der Waals surface area contributed by atoms with Gasteiger partial charge >= 0.3 is 0 Å². The van der Waals surface area contributed by atoms with E-state index in [-0.39, 0.29) is 5.91 Å². The molecule has 0 atom stereocenters. The van der Waals surface area contributed by atoms with Crippen molar-refractivity contribution in [3.8, 4) is 0 Å². The summed E-state index contributed by atoms with van der Waals surface area (Å²) in [6.45, 7) is 4.16. The molecule has 1 N–H and O–H groups in total. The monoisotopic (exact) mass is 223 g/mol. The van der Waals surface area contributed by atoms with E-state index in [0.717, 1.165) is 11.1 Å². The summed E-state index contributed by atoms with van der Waals surface area (Å²) >= 11 is 5.75. The maximum atomic E-state index is 11.4. The standard InChI is InChI=1S/C12H14ClNO/c1-3-9(2)12(15)14-8-10-4-6-11(13)7-5-10/h3-7H,8H2,1-2H3,(H,14,15)/b9-3+. The van der Waals surface area contributed by atoms with Gasteiger partial charge in [-0.15, -0.1) is 0 Å². The van der Waals surface area contributed by atoms with Gasteiger partial charge in [0, 0.05) is 17.1 Å². The molecule has 1 aromatic carbocycles. The molecule has 80 valence electrons. The Morgan fingerprint density at radius 1 is 1.40 bits per heavy atom. The molecule has 1 aromatic rings. The van der Waals surface area contributed by atoms with Crippen molar-refractivity contribution >= 4 is 17.5 Å². The fourth-order valence-corrected chi connectivity index (χ4v) is 1.18. The van der Waals surface area contributed by atoms with Gasteiger partial charge in [-0.1, -0.05) is 29.8 Å². The molecule has 0 bridgehead atoms. The molecule has 0 unspecified atom stereocenters. The molecule has 0 spiro atoms. The third-order valence-corrected chi connectivity index (χ3v) is 2.41. The zero-order chi connectivity index (χ0) is 11.3. The minimum absolute atomic E-state index is 0.0348. The number of nitrogens with one attached hydrogen (secondary N) is 1. The first-order valence-electron chi connectivity index (χ1n) is 4.79. The molecule has 15 heavy (non-hydrogen) atoms. The average Bonchev–Trinajstić information content (AvgIpc) is 2.26. The molecule has 1 amide bonds. The Morgan fingerprint density at radius 2 is 2.00 bits per heavy atom. The van der Waals surface area contributed by atoms with Gasteiger partial charge in [0.1, 0.15) is 0 Å². The molecule has 0 aliphatic carbocycles. The summed E-state index contributed by atoms with van der Waals surface area (Å²) in [5.74, 6) is -0.0348. The van der Waals surface area contributed by atoms with Gasteiger partial charge in [-0.25, -0.2) is 0 Å². The predicted octanol–water partition coefficient (Wildman–Crippen LogP) is 2.92. The Labute approximate surface area is 94.9 Å². The number of carbonyl (C=O) groups is 1. The number of allylic oxidation sites excluding steroid dienone is 1. The highest BCUT2D eigenvalue weighted by Crippen LogP contribution is 2.09. The zero-order valence-electron chi connectivity index (χ0n) is 8.88. The molecule has 0 aliphatic rings. The first-order chi connectivity index (χ1) is 7.13. The lowest BCUT2D eigenvalue weighted by Crippen LogP contribution is -2.23. The topological polar surface area (TPSA) is 29.1 Å². The fraction of sp³-hybridized carbons (Fsp3) is 0.250. The van der Waals surface area contributed by atoms with Gasteiger partial charge < -0.3 is 5.32 Å². The van der Waals surface area contributed by atoms with E-state index in [1.807, 2.05) is 31.2 Å². The second-order valence-electron chi connectivity index (χ2n) is 3.28. The summed E-state index contributed by atoms with van der Waals surface area (Å²) in [4.78, 5) is 11.4. The van der Waals surface area contributed by atoms with Crippen molar-refractivity contribution < 1.29 is 4.79 Å². The van der Waals surface area contributed by atoms with Crippen LogP contribution in [0.4, 0.5) is 0 Å². The van der Waals surface area contributed by atoms with Crippen LogP contribution in [0.15, 0.2) is 35.9 Å². The van der Waals surface area contributed by atoms with Crippen LogP contribution in [-0.2, 0) is 11.3 Å². The van der Waals surface area contributed by atoms with Gasteiger partial charge in [0.05, 0.1) is 0 Å². The third kappa shape index (κ3) is 3.76. The molecular weight excluding hydrogens is 210 g/mol. The summed E-state index contributed by atoms with van der Waals surface area (Å²) in [7, 11) is 0. The molecule has 3 heteroatoms. The van der Waals surface area contributed by atoms with E-state index in [4.69, 9.17) is 11.6 Å². The summed E-state index contributed by atoms with van der Waals surface area (Å²) in [5.41, 5.74) is 1.76. The minimum Gasteiger partial charge on any atom is -0.348 e. The van der Waals surface area contributed by atoms with Crippen molar-refractivity contribution in [1.29, 1.82) is 0 Å². The third-order valence-electron chi connectivity index (χ3n) is 2.16. The Hall–Kier alpha value is -1.28. The molecule has 0 saturated carbocycles. The second-order valence-corrected chi connectivity index (χ2v) is 3.72. The van der Waals surface area contributed by atoms with Crippen LogP contribution in [0.25, 0.3) is 0 Å².